The molecule has 0 aliphatic carbocycles. The molecule has 1 aromatic heterocycles. The minimum Gasteiger partial charge on any atom is -0.336 e. The molecule has 3 aromatic rings. The van der Waals surface area contributed by atoms with Crippen molar-refractivity contribution in [2.24, 2.45) is 7.05 Å². The Kier molecular flexibility index (Phi) is 5.49. The van der Waals surface area contributed by atoms with E-state index in [4.69, 9.17) is 23.2 Å². The summed E-state index contributed by atoms with van der Waals surface area (Å²) >= 11 is 11.9. The van der Waals surface area contributed by atoms with Gasteiger partial charge in [0, 0.05) is 42.2 Å². The summed E-state index contributed by atoms with van der Waals surface area (Å²) in [7, 11) is 3.63. The smallest absolute Gasteiger partial charge is 0.322 e. The molecule has 26 heavy (non-hydrogen) atoms. The Bertz CT molecular complexity index is 891. The van der Waals surface area contributed by atoms with E-state index in [0.29, 0.717) is 15.7 Å². The molecular formula is C19H18Cl2N4O. The summed E-state index contributed by atoms with van der Waals surface area (Å²) in [4.78, 5) is 18.8. The largest absolute Gasteiger partial charge is 0.336 e. The van der Waals surface area contributed by atoms with Gasteiger partial charge in [-0.15, -0.1) is 0 Å². The Morgan fingerprint density at radius 1 is 1.08 bits per heavy atom. The third-order valence-corrected chi connectivity index (χ3v) is 4.60. The number of urea groups is 1. The number of aromatic nitrogens is 2. The molecule has 0 saturated heterocycles. The molecule has 0 unspecified atom stereocenters. The lowest BCUT2D eigenvalue weighted by atomic mass is 10.1. The van der Waals surface area contributed by atoms with Crippen LogP contribution in [0, 0.1) is 0 Å². The first kappa shape index (κ1) is 18.3. The van der Waals surface area contributed by atoms with Crippen molar-refractivity contribution in [3.63, 3.8) is 0 Å². The van der Waals surface area contributed by atoms with E-state index in [-0.39, 0.29) is 12.1 Å². The molecule has 1 N–H and O–H groups in total. The average molecular weight is 389 g/mol. The lowest BCUT2D eigenvalue weighted by Gasteiger charge is -2.28. The number of nitrogens with zero attached hydrogens (tertiary/aromatic N) is 3. The molecular weight excluding hydrogens is 371 g/mol. The van der Waals surface area contributed by atoms with Crippen molar-refractivity contribution >= 4 is 34.9 Å². The minimum atomic E-state index is -0.362. The maximum absolute atomic E-state index is 12.8. The molecule has 0 aliphatic rings. The average Bonchev–Trinajstić information content (AvgIpc) is 3.04. The van der Waals surface area contributed by atoms with Crippen molar-refractivity contribution in [3.8, 4) is 0 Å². The normalized spacial score (nSPS) is 11.8. The van der Waals surface area contributed by atoms with Crippen LogP contribution < -0.4 is 5.32 Å². The Morgan fingerprint density at radius 3 is 2.19 bits per heavy atom. The molecule has 0 radical (unpaired) electrons. The fourth-order valence-corrected chi connectivity index (χ4v) is 2.95. The predicted octanol–water partition coefficient (Wildman–Crippen LogP) is 4.98. The zero-order chi connectivity index (χ0) is 18.7. The number of halogens is 2. The van der Waals surface area contributed by atoms with E-state index in [0.717, 1.165) is 11.4 Å². The first-order valence-corrected chi connectivity index (χ1v) is 8.73. The zero-order valence-corrected chi connectivity index (χ0v) is 15.9. The maximum Gasteiger partial charge on any atom is 0.322 e. The van der Waals surface area contributed by atoms with Crippen molar-refractivity contribution in [2.45, 2.75) is 6.04 Å². The number of amides is 2. The maximum atomic E-state index is 12.8. The molecule has 1 atom stereocenters. The molecule has 0 saturated carbocycles. The summed E-state index contributed by atoms with van der Waals surface area (Å²) in [5.41, 5.74) is 1.58. The standard InChI is InChI=1S/C19H18Cl2N4O/c1-24-12-11-22-18(24)17(13-3-5-14(20)6-4-13)25(2)19(26)23-16-9-7-15(21)8-10-16/h3-12,17H,1-2H3,(H,23,26)/t17-/m1/s1. The molecule has 0 spiro atoms. The van der Waals surface area contributed by atoms with Gasteiger partial charge in [0.2, 0.25) is 0 Å². The van der Waals surface area contributed by atoms with Crippen molar-refractivity contribution in [2.75, 3.05) is 12.4 Å². The van der Waals surface area contributed by atoms with Crippen LogP contribution in [-0.2, 0) is 7.05 Å². The van der Waals surface area contributed by atoms with E-state index in [2.05, 4.69) is 10.3 Å². The highest BCUT2D eigenvalue weighted by atomic mass is 35.5. The van der Waals surface area contributed by atoms with Crippen molar-refractivity contribution in [1.29, 1.82) is 0 Å². The van der Waals surface area contributed by atoms with Crippen molar-refractivity contribution in [3.05, 3.63) is 82.4 Å². The summed E-state index contributed by atoms with van der Waals surface area (Å²) in [6.45, 7) is 0. The fraction of sp³-hybridized carbons (Fsp3) is 0.158. The Labute approximate surface area is 162 Å². The highest BCUT2D eigenvalue weighted by Crippen LogP contribution is 2.28. The summed E-state index contributed by atoms with van der Waals surface area (Å²) < 4.78 is 1.89. The quantitative estimate of drug-likeness (QED) is 0.684. The van der Waals surface area contributed by atoms with Crippen LogP contribution in [0.1, 0.15) is 17.4 Å². The second kappa shape index (κ2) is 7.81. The third-order valence-electron chi connectivity index (χ3n) is 4.09. The second-order valence-corrected chi connectivity index (χ2v) is 6.77. The van der Waals surface area contributed by atoms with E-state index < -0.39 is 0 Å². The molecule has 5 nitrogen and oxygen atoms in total. The van der Waals surface area contributed by atoms with E-state index >= 15 is 0 Å². The molecule has 2 aromatic carbocycles. The number of nitrogens with one attached hydrogen (secondary N) is 1. The number of hydrogen-bond donors (Lipinski definition) is 1. The summed E-state index contributed by atoms with van der Waals surface area (Å²) in [5, 5.41) is 4.13. The fourth-order valence-electron chi connectivity index (χ4n) is 2.69. The van der Waals surface area contributed by atoms with E-state index in [1.54, 1.807) is 54.5 Å². The van der Waals surface area contributed by atoms with E-state index in [9.17, 15) is 4.79 Å². The molecule has 0 aliphatic heterocycles. The number of carbonyl (C=O) groups excluding carboxylic acids is 1. The van der Waals surface area contributed by atoms with E-state index in [1.807, 2.05) is 29.9 Å². The summed E-state index contributed by atoms with van der Waals surface area (Å²) in [5.74, 6) is 0.751. The second-order valence-electron chi connectivity index (χ2n) is 5.90. The van der Waals surface area contributed by atoms with Crippen LogP contribution in [0.5, 0.6) is 0 Å². The van der Waals surface area contributed by atoms with Gasteiger partial charge in [-0.25, -0.2) is 9.78 Å². The van der Waals surface area contributed by atoms with Gasteiger partial charge in [0.15, 0.2) is 0 Å². The number of imidazole rings is 1. The van der Waals surface area contributed by atoms with Gasteiger partial charge in [-0.05, 0) is 42.0 Å². The molecule has 134 valence electrons. The first-order valence-electron chi connectivity index (χ1n) is 7.98. The minimum absolute atomic E-state index is 0.254. The predicted molar refractivity (Wildman–Crippen MR) is 105 cm³/mol. The van der Waals surface area contributed by atoms with Gasteiger partial charge in [0.25, 0.3) is 0 Å². The lowest BCUT2D eigenvalue weighted by molar-refractivity contribution is 0.209. The Hall–Kier alpha value is -2.50. The monoisotopic (exact) mass is 388 g/mol. The van der Waals surface area contributed by atoms with Crippen LogP contribution in [0.4, 0.5) is 10.5 Å². The number of carbonyl (C=O) groups is 1. The van der Waals surface area contributed by atoms with Gasteiger partial charge in [0.05, 0.1) is 0 Å². The summed E-state index contributed by atoms with van der Waals surface area (Å²) in [6, 6.07) is 13.8. The van der Waals surface area contributed by atoms with E-state index in [1.165, 1.54) is 0 Å². The van der Waals surface area contributed by atoms with Gasteiger partial charge in [-0.3, -0.25) is 0 Å². The first-order chi connectivity index (χ1) is 12.5. The Morgan fingerprint density at radius 2 is 1.65 bits per heavy atom. The van der Waals surface area contributed by atoms with Crippen LogP contribution in [0.25, 0.3) is 0 Å². The number of anilines is 1. The molecule has 1 heterocycles. The molecule has 0 fully saturated rings. The van der Waals surface area contributed by atoms with Crippen LogP contribution in [0.3, 0.4) is 0 Å². The number of aryl methyl sites for hydroxylation is 1. The summed E-state index contributed by atoms with van der Waals surface area (Å²) in [6.07, 6.45) is 3.56. The van der Waals surface area contributed by atoms with Crippen LogP contribution in [0.15, 0.2) is 60.9 Å². The molecule has 0 bridgehead atoms. The number of rotatable bonds is 4. The van der Waals surface area contributed by atoms with Gasteiger partial charge < -0.3 is 14.8 Å². The number of benzene rings is 2. The highest BCUT2D eigenvalue weighted by Gasteiger charge is 2.26. The SMILES string of the molecule is CN(C(=O)Nc1ccc(Cl)cc1)[C@H](c1ccc(Cl)cc1)c1nccn1C. The molecule has 3 rings (SSSR count). The van der Waals surface area contributed by atoms with Crippen molar-refractivity contribution in [1.82, 2.24) is 14.5 Å². The van der Waals surface area contributed by atoms with Crippen molar-refractivity contribution < 1.29 is 4.79 Å². The third kappa shape index (κ3) is 4.00. The molecule has 2 amide bonds. The Balaban J connectivity index is 1.90. The zero-order valence-electron chi connectivity index (χ0n) is 14.4. The van der Waals surface area contributed by atoms with Gasteiger partial charge in [-0.1, -0.05) is 35.3 Å². The highest BCUT2D eigenvalue weighted by molar-refractivity contribution is 6.30. The number of hydrogen-bond acceptors (Lipinski definition) is 2. The van der Waals surface area contributed by atoms with Gasteiger partial charge in [-0.2, -0.15) is 0 Å². The van der Waals surface area contributed by atoms with Crippen LogP contribution in [-0.4, -0.2) is 27.5 Å². The molecule has 7 heteroatoms. The van der Waals surface area contributed by atoms with Crippen LogP contribution >= 0.6 is 23.2 Å². The van der Waals surface area contributed by atoms with Crippen LogP contribution in [0.2, 0.25) is 10.0 Å². The van der Waals surface area contributed by atoms with Gasteiger partial charge in [0.1, 0.15) is 11.9 Å². The topological polar surface area (TPSA) is 50.2 Å². The van der Waals surface area contributed by atoms with Gasteiger partial charge >= 0.3 is 6.03 Å². The lowest BCUT2D eigenvalue weighted by Crippen LogP contribution is -2.36.